The van der Waals surface area contributed by atoms with E-state index in [9.17, 15) is 0 Å². The molecule has 12 heavy (non-hydrogen) atoms. The Kier molecular flexibility index (Phi) is 2.10. The summed E-state index contributed by atoms with van der Waals surface area (Å²) >= 11 is 0. The second-order valence-electron chi connectivity index (χ2n) is 3.99. The van der Waals surface area contributed by atoms with E-state index in [1.54, 1.807) is 0 Å². The molecule has 2 fully saturated rings. The summed E-state index contributed by atoms with van der Waals surface area (Å²) in [5.41, 5.74) is 5.92. The molecule has 2 atom stereocenters. The molecule has 1 aliphatic heterocycles. The average molecular weight is 171 g/mol. The highest BCUT2D eigenvalue weighted by atomic mass is 16.7. The van der Waals surface area contributed by atoms with Gasteiger partial charge in [0.1, 0.15) is 0 Å². The minimum Gasteiger partial charge on any atom is -0.348 e. The highest BCUT2D eigenvalue weighted by Crippen LogP contribution is 2.37. The molecule has 2 rings (SSSR count). The molecule has 70 valence electrons. The minimum atomic E-state index is -0.255. The molecular weight excluding hydrogens is 154 g/mol. The van der Waals surface area contributed by atoms with Gasteiger partial charge in [-0.3, -0.25) is 0 Å². The molecule has 2 aliphatic rings. The van der Waals surface area contributed by atoms with Crippen molar-refractivity contribution in [2.45, 2.75) is 38.0 Å². The number of rotatable bonds is 0. The molecule has 0 aromatic rings. The Hall–Kier alpha value is -0.120. The first-order valence-electron chi connectivity index (χ1n) is 4.75. The average Bonchev–Trinajstić information content (AvgIpc) is 2.47. The van der Waals surface area contributed by atoms with Crippen molar-refractivity contribution in [3.05, 3.63) is 0 Å². The van der Waals surface area contributed by atoms with Gasteiger partial charge in [0.05, 0.1) is 13.2 Å². The number of ether oxygens (including phenoxy) is 2. The third-order valence-corrected chi connectivity index (χ3v) is 3.04. The SMILES string of the molecule is C[C@@H]1CC2(CCC1N)OCCO2. The largest absolute Gasteiger partial charge is 0.348 e. The molecular formula is C9H17NO2. The maximum atomic E-state index is 5.92. The van der Waals surface area contributed by atoms with Crippen molar-refractivity contribution in [1.82, 2.24) is 0 Å². The second kappa shape index (κ2) is 2.98. The number of hydrogen-bond acceptors (Lipinski definition) is 3. The maximum Gasteiger partial charge on any atom is 0.168 e. The van der Waals surface area contributed by atoms with Gasteiger partial charge in [-0.15, -0.1) is 0 Å². The Labute approximate surface area is 73.2 Å². The fraction of sp³-hybridized carbons (Fsp3) is 1.00. The first-order valence-corrected chi connectivity index (χ1v) is 4.75. The third kappa shape index (κ3) is 1.37. The van der Waals surface area contributed by atoms with Gasteiger partial charge in [0.2, 0.25) is 0 Å². The monoisotopic (exact) mass is 171 g/mol. The number of nitrogens with two attached hydrogens (primary N) is 1. The van der Waals surface area contributed by atoms with Crippen LogP contribution in [0.1, 0.15) is 26.2 Å². The van der Waals surface area contributed by atoms with Crippen LogP contribution in [0.15, 0.2) is 0 Å². The Morgan fingerprint density at radius 2 is 2.00 bits per heavy atom. The van der Waals surface area contributed by atoms with Crippen LogP contribution in [0.2, 0.25) is 0 Å². The second-order valence-corrected chi connectivity index (χ2v) is 3.99. The summed E-state index contributed by atoms with van der Waals surface area (Å²) in [5, 5.41) is 0. The zero-order chi connectivity index (χ0) is 8.60. The number of hydrogen-bond donors (Lipinski definition) is 1. The molecule has 0 bridgehead atoms. The lowest BCUT2D eigenvalue weighted by Gasteiger charge is -2.38. The van der Waals surface area contributed by atoms with E-state index in [4.69, 9.17) is 15.2 Å². The van der Waals surface area contributed by atoms with Gasteiger partial charge in [0.25, 0.3) is 0 Å². The van der Waals surface area contributed by atoms with Crippen LogP contribution in [0, 0.1) is 5.92 Å². The molecule has 3 heteroatoms. The van der Waals surface area contributed by atoms with E-state index in [2.05, 4.69) is 6.92 Å². The Morgan fingerprint density at radius 3 is 2.58 bits per heavy atom. The van der Waals surface area contributed by atoms with Crippen LogP contribution >= 0.6 is 0 Å². The van der Waals surface area contributed by atoms with Crippen LogP contribution in [-0.4, -0.2) is 25.0 Å². The first kappa shape index (κ1) is 8.48. The van der Waals surface area contributed by atoms with Crippen LogP contribution in [0.25, 0.3) is 0 Å². The topological polar surface area (TPSA) is 44.5 Å². The molecule has 2 N–H and O–H groups in total. The van der Waals surface area contributed by atoms with Crippen molar-refractivity contribution in [1.29, 1.82) is 0 Å². The van der Waals surface area contributed by atoms with Crippen molar-refractivity contribution in [3.8, 4) is 0 Å². The molecule has 3 nitrogen and oxygen atoms in total. The summed E-state index contributed by atoms with van der Waals surface area (Å²) < 4.78 is 11.2. The summed E-state index contributed by atoms with van der Waals surface area (Å²) in [4.78, 5) is 0. The highest BCUT2D eigenvalue weighted by Gasteiger charge is 2.42. The standard InChI is InChI=1S/C9H17NO2/c1-7-6-9(3-2-8(7)10)11-4-5-12-9/h7-8H,2-6,10H2,1H3/t7-,8?/m1/s1. The Bertz CT molecular complexity index is 166. The fourth-order valence-electron chi connectivity index (χ4n) is 2.17. The highest BCUT2D eigenvalue weighted by molar-refractivity contribution is 4.87. The first-order chi connectivity index (χ1) is 5.72. The van der Waals surface area contributed by atoms with Gasteiger partial charge in [-0.1, -0.05) is 6.92 Å². The van der Waals surface area contributed by atoms with E-state index < -0.39 is 0 Å². The van der Waals surface area contributed by atoms with Crippen LogP contribution in [-0.2, 0) is 9.47 Å². The predicted octanol–water partition coefficient (Wildman–Crippen LogP) is 0.877. The summed E-state index contributed by atoms with van der Waals surface area (Å²) in [7, 11) is 0. The molecule has 1 aliphatic carbocycles. The van der Waals surface area contributed by atoms with E-state index in [0.29, 0.717) is 12.0 Å². The summed E-state index contributed by atoms with van der Waals surface area (Å²) in [5.74, 6) is 0.270. The van der Waals surface area contributed by atoms with Crippen molar-refractivity contribution in [2.24, 2.45) is 11.7 Å². The van der Waals surface area contributed by atoms with Crippen LogP contribution in [0.3, 0.4) is 0 Å². The van der Waals surface area contributed by atoms with Crippen LogP contribution in [0.4, 0.5) is 0 Å². The van der Waals surface area contributed by atoms with Gasteiger partial charge < -0.3 is 15.2 Å². The lowest BCUT2D eigenvalue weighted by atomic mass is 9.82. The maximum absolute atomic E-state index is 5.92. The third-order valence-electron chi connectivity index (χ3n) is 3.04. The van der Waals surface area contributed by atoms with Crippen molar-refractivity contribution in [2.75, 3.05) is 13.2 Å². The zero-order valence-electron chi connectivity index (χ0n) is 7.58. The Balaban J connectivity index is 2.01. The van der Waals surface area contributed by atoms with E-state index in [0.717, 1.165) is 32.5 Å². The van der Waals surface area contributed by atoms with E-state index in [-0.39, 0.29) is 5.79 Å². The van der Waals surface area contributed by atoms with E-state index in [1.165, 1.54) is 0 Å². The fourth-order valence-corrected chi connectivity index (χ4v) is 2.17. The molecule has 0 aromatic heterocycles. The van der Waals surface area contributed by atoms with Crippen molar-refractivity contribution < 1.29 is 9.47 Å². The molecule has 0 amide bonds. The predicted molar refractivity (Wildman–Crippen MR) is 45.6 cm³/mol. The van der Waals surface area contributed by atoms with Gasteiger partial charge in [-0.05, 0) is 12.3 Å². The molecule has 0 radical (unpaired) electrons. The van der Waals surface area contributed by atoms with E-state index >= 15 is 0 Å². The quantitative estimate of drug-likeness (QED) is 0.588. The normalized spacial score (nSPS) is 40.5. The van der Waals surface area contributed by atoms with Gasteiger partial charge in [0.15, 0.2) is 5.79 Å². The zero-order valence-corrected chi connectivity index (χ0v) is 7.58. The molecule has 1 heterocycles. The summed E-state index contributed by atoms with van der Waals surface area (Å²) in [6.45, 7) is 3.68. The van der Waals surface area contributed by atoms with Crippen LogP contribution in [0.5, 0.6) is 0 Å². The Morgan fingerprint density at radius 1 is 1.33 bits per heavy atom. The van der Waals surface area contributed by atoms with Crippen molar-refractivity contribution in [3.63, 3.8) is 0 Å². The molecule has 1 unspecified atom stereocenters. The molecule has 0 aromatic carbocycles. The van der Waals surface area contributed by atoms with E-state index in [1.807, 2.05) is 0 Å². The smallest absolute Gasteiger partial charge is 0.168 e. The minimum absolute atomic E-state index is 0.255. The van der Waals surface area contributed by atoms with Gasteiger partial charge in [0, 0.05) is 18.9 Å². The van der Waals surface area contributed by atoms with Gasteiger partial charge in [-0.2, -0.15) is 0 Å². The lowest BCUT2D eigenvalue weighted by Crippen LogP contribution is -2.44. The van der Waals surface area contributed by atoms with Gasteiger partial charge >= 0.3 is 0 Å². The summed E-state index contributed by atoms with van der Waals surface area (Å²) in [6.07, 6.45) is 2.97. The van der Waals surface area contributed by atoms with Gasteiger partial charge in [-0.25, -0.2) is 0 Å². The molecule has 1 spiro atoms. The van der Waals surface area contributed by atoms with Crippen molar-refractivity contribution >= 4 is 0 Å². The van der Waals surface area contributed by atoms with Crippen LogP contribution < -0.4 is 5.73 Å². The molecule has 1 saturated heterocycles. The lowest BCUT2D eigenvalue weighted by molar-refractivity contribution is -0.187. The molecule has 1 saturated carbocycles. The summed E-state index contributed by atoms with van der Waals surface area (Å²) in [6, 6.07) is 0.337.